The van der Waals surface area contributed by atoms with Crippen molar-refractivity contribution in [1.82, 2.24) is 4.90 Å². The number of anilines is 1. The van der Waals surface area contributed by atoms with Crippen molar-refractivity contribution in [2.45, 2.75) is 57.2 Å². The van der Waals surface area contributed by atoms with E-state index in [0.717, 1.165) is 23.3 Å². The number of fused-ring (bicyclic) bond motifs is 2. The highest BCUT2D eigenvalue weighted by Gasteiger charge is 2.36. The van der Waals surface area contributed by atoms with Gasteiger partial charge in [0.15, 0.2) is 0 Å². The first kappa shape index (κ1) is 13.5. The number of nitriles is 1. The largest absolute Gasteiger partial charge is 0.381 e. The van der Waals surface area contributed by atoms with E-state index in [2.05, 4.69) is 36.3 Å². The van der Waals surface area contributed by atoms with Crippen molar-refractivity contribution in [1.29, 1.82) is 5.26 Å². The molecule has 0 aliphatic carbocycles. The molecule has 106 valence electrons. The van der Waals surface area contributed by atoms with Gasteiger partial charge in [-0.2, -0.15) is 5.26 Å². The van der Waals surface area contributed by atoms with E-state index in [4.69, 9.17) is 0 Å². The predicted molar refractivity (Wildman–Crippen MR) is 81.7 cm³/mol. The number of rotatable bonds is 2. The Morgan fingerprint density at radius 3 is 2.60 bits per heavy atom. The van der Waals surface area contributed by atoms with Gasteiger partial charge < -0.3 is 10.2 Å². The van der Waals surface area contributed by atoms with E-state index < -0.39 is 0 Å². The number of nitrogens with zero attached hydrogens (tertiary/aromatic N) is 2. The van der Waals surface area contributed by atoms with E-state index in [1.807, 2.05) is 12.1 Å². The average Bonchev–Trinajstić information content (AvgIpc) is 2.42. The number of benzene rings is 1. The van der Waals surface area contributed by atoms with E-state index in [0.29, 0.717) is 6.04 Å². The minimum atomic E-state index is 0.509. The van der Waals surface area contributed by atoms with Gasteiger partial charge in [0.2, 0.25) is 0 Å². The zero-order chi connectivity index (χ0) is 14.1. The maximum Gasteiger partial charge on any atom is 0.101 e. The van der Waals surface area contributed by atoms with Crippen LogP contribution in [0.4, 0.5) is 5.69 Å². The summed E-state index contributed by atoms with van der Waals surface area (Å²) in [6, 6.07) is 10.2. The highest BCUT2D eigenvalue weighted by Crippen LogP contribution is 2.34. The van der Waals surface area contributed by atoms with Gasteiger partial charge in [0.05, 0.1) is 11.3 Å². The van der Waals surface area contributed by atoms with Crippen LogP contribution in [0.3, 0.4) is 0 Å². The second-order valence-corrected chi connectivity index (χ2v) is 6.33. The number of hydrogen-bond acceptors (Lipinski definition) is 3. The van der Waals surface area contributed by atoms with Crippen LogP contribution in [0.25, 0.3) is 0 Å². The predicted octanol–water partition coefficient (Wildman–Crippen LogP) is 3.29. The molecule has 1 N–H and O–H groups in total. The summed E-state index contributed by atoms with van der Waals surface area (Å²) in [7, 11) is 2.28. The summed E-state index contributed by atoms with van der Waals surface area (Å²) in [6.07, 6.45) is 6.42. The fourth-order valence-corrected chi connectivity index (χ4v) is 3.89. The first-order valence-electron chi connectivity index (χ1n) is 7.67. The Balaban J connectivity index is 1.78. The summed E-state index contributed by atoms with van der Waals surface area (Å²) in [5, 5.41) is 12.9. The van der Waals surface area contributed by atoms with Gasteiger partial charge in [0.1, 0.15) is 6.07 Å². The van der Waals surface area contributed by atoms with Crippen molar-refractivity contribution in [3.8, 4) is 6.07 Å². The maximum absolute atomic E-state index is 9.28. The molecule has 2 unspecified atom stereocenters. The molecule has 0 saturated carbocycles. The highest BCUT2D eigenvalue weighted by atomic mass is 15.2. The molecule has 0 spiro atoms. The molecular weight excluding hydrogens is 246 g/mol. The number of hydrogen-bond donors (Lipinski definition) is 1. The molecule has 2 aliphatic rings. The topological polar surface area (TPSA) is 39.1 Å². The van der Waals surface area contributed by atoms with Gasteiger partial charge in [-0.05, 0) is 51.3 Å². The lowest BCUT2D eigenvalue weighted by Crippen LogP contribution is -2.52. The molecular formula is C17H23N3. The Morgan fingerprint density at radius 1 is 1.25 bits per heavy atom. The zero-order valence-electron chi connectivity index (χ0n) is 12.4. The monoisotopic (exact) mass is 269 g/mol. The van der Waals surface area contributed by atoms with Crippen LogP contribution in [0.5, 0.6) is 0 Å². The average molecular weight is 269 g/mol. The Hall–Kier alpha value is -1.53. The number of aryl methyl sites for hydroxylation is 1. The molecule has 3 heteroatoms. The lowest BCUT2D eigenvalue weighted by molar-refractivity contribution is 0.0608. The molecule has 20 heavy (non-hydrogen) atoms. The summed E-state index contributed by atoms with van der Waals surface area (Å²) < 4.78 is 0. The summed E-state index contributed by atoms with van der Waals surface area (Å²) in [4.78, 5) is 2.57. The molecule has 2 fully saturated rings. The second-order valence-electron chi connectivity index (χ2n) is 6.33. The Kier molecular flexibility index (Phi) is 3.67. The lowest BCUT2D eigenvalue weighted by atomic mass is 9.82. The van der Waals surface area contributed by atoms with Gasteiger partial charge in [-0.25, -0.2) is 0 Å². The fraction of sp³-hybridized carbons (Fsp3) is 0.588. The van der Waals surface area contributed by atoms with E-state index >= 15 is 0 Å². The van der Waals surface area contributed by atoms with Gasteiger partial charge in [-0.3, -0.25) is 0 Å². The van der Waals surface area contributed by atoms with E-state index in [1.165, 1.54) is 37.7 Å². The lowest BCUT2D eigenvalue weighted by Gasteiger charge is -2.47. The fourth-order valence-electron chi connectivity index (χ4n) is 3.89. The van der Waals surface area contributed by atoms with E-state index in [1.54, 1.807) is 0 Å². The van der Waals surface area contributed by atoms with E-state index in [9.17, 15) is 5.26 Å². The molecule has 1 aromatic carbocycles. The molecule has 2 bridgehead atoms. The van der Waals surface area contributed by atoms with Crippen LogP contribution in [-0.2, 0) is 0 Å². The second kappa shape index (κ2) is 5.46. The van der Waals surface area contributed by atoms with E-state index in [-0.39, 0.29) is 0 Å². The zero-order valence-corrected chi connectivity index (χ0v) is 12.4. The van der Waals surface area contributed by atoms with Gasteiger partial charge in [-0.1, -0.05) is 18.6 Å². The third-order valence-electron chi connectivity index (χ3n) is 5.08. The van der Waals surface area contributed by atoms with Gasteiger partial charge in [0.25, 0.3) is 0 Å². The van der Waals surface area contributed by atoms with Crippen LogP contribution < -0.4 is 5.32 Å². The van der Waals surface area contributed by atoms with Crippen molar-refractivity contribution in [2.75, 3.05) is 12.4 Å². The molecule has 0 radical (unpaired) electrons. The van der Waals surface area contributed by atoms with Crippen molar-refractivity contribution in [2.24, 2.45) is 0 Å². The Morgan fingerprint density at radius 2 is 1.95 bits per heavy atom. The summed E-state index contributed by atoms with van der Waals surface area (Å²) in [6.45, 7) is 2.08. The van der Waals surface area contributed by atoms with Crippen molar-refractivity contribution >= 4 is 5.69 Å². The van der Waals surface area contributed by atoms with Crippen LogP contribution >= 0.6 is 0 Å². The Bertz CT molecular complexity index is 518. The maximum atomic E-state index is 9.28. The third-order valence-corrected chi connectivity index (χ3v) is 5.08. The molecule has 0 amide bonds. The molecule has 2 heterocycles. The third kappa shape index (κ3) is 2.41. The molecule has 2 atom stereocenters. The van der Waals surface area contributed by atoms with Crippen LogP contribution in [0.1, 0.15) is 43.2 Å². The summed E-state index contributed by atoms with van der Waals surface area (Å²) in [5.41, 5.74) is 2.99. The van der Waals surface area contributed by atoms with Gasteiger partial charge >= 0.3 is 0 Å². The molecule has 0 aromatic heterocycles. The van der Waals surface area contributed by atoms with Gasteiger partial charge in [-0.15, -0.1) is 0 Å². The molecule has 1 aromatic rings. The quantitative estimate of drug-likeness (QED) is 0.895. The van der Waals surface area contributed by atoms with Crippen LogP contribution in [0.15, 0.2) is 18.2 Å². The highest BCUT2D eigenvalue weighted by molar-refractivity contribution is 5.62. The smallest absolute Gasteiger partial charge is 0.101 e. The molecule has 3 nitrogen and oxygen atoms in total. The summed E-state index contributed by atoms with van der Waals surface area (Å²) >= 11 is 0. The van der Waals surface area contributed by atoms with Crippen molar-refractivity contribution in [3.05, 3.63) is 29.3 Å². The first-order chi connectivity index (χ1) is 9.69. The molecule has 3 rings (SSSR count). The molecule has 2 saturated heterocycles. The van der Waals surface area contributed by atoms with Crippen LogP contribution in [-0.4, -0.2) is 30.1 Å². The first-order valence-corrected chi connectivity index (χ1v) is 7.67. The molecule has 2 aliphatic heterocycles. The summed E-state index contributed by atoms with van der Waals surface area (Å²) in [5.74, 6) is 0. The van der Waals surface area contributed by atoms with Crippen molar-refractivity contribution in [3.63, 3.8) is 0 Å². The SMILES string of the molecule is Cc1cccc(C#N)c1NC1CC2CCCC(C1)N2C. The minimum Gasteiger partial charge on any atom is -0.381 e. The standard InChI is InChI=1S/C17H23N3/c1-12-5-3-6-13(11-18)17(12)19-14-9-15-7-4-8-16(10-14)20(15)2/h3,5-6,14-16,19H,4,7-10H2,1-2H3. The van der Waals surface area contributed by atoms with Crippen molar-refractivity contribution < 1.29 is 0 Å². The Labute approximate surface area is 121 Å². The van der Waals surface area contributed by atoms with Crippen LogP contribution in [0.2, 0.25) is 0 Å². The van der Waals surface area contributed by atoms with Gasteiger partial charge in [0, 0.05) is 18.1 Å². The number of nitrogens with one attached hydrogen (secondary N) is 1. The number of para-hydroxylation sites is 1. The minimum absolute atomic E-state index is 0.509. The van der Waals surface area contributed by atoms with Crippen LogP contribution in [0, 0.1) is 18.3 Å². The number of piperidine rings is 2. The normalized spacial score (nSPS) is 29.8.